The summed E-state index contributed by atoms with van der Waals surface area (Å²) in [6.45, 7) is 11.9. The number of carbonyl (C=O) groups is 1. The standard InChI is InChI=1S/C21H36N3O4S/c1-7-8-9-10-14-26-19-18(22-29-23-19)17-12-11-13-24(6,15-17)21(4,5)28-20(25)27-16(2)3/h12,16H,7-11,13-15H2,1-6H3/q+1. The third-order valence-electron chi connectivity index (χ3n) is 5.50. The predicted octanol–water partition coefficient (Wildman–Crippen LogP) is 5.03. The zero-order valence-electron chi connectivity index (χ0n) is 18.7. The molecule has 0 aromatic carbocycles. The molecule has 0 radical (unpaired) electrons. The predicted molar refractivity (Wildman–Crippen MR) is 115 cm³/mol. The number of nitrogens with zero attached hydrogens (tertiary/aromatic N) is 3. The Bertz CT molecular complexity index is 702. The van der Waals surface area contributed by atoms with Crippen LogP contribution < -0.4 is 4.74 Å². The number of rotatable bonds is 10. The quantitative estimate of drug-likeness (QED) is 0.297. The van der Waals surface area contributed by atoms with Crippen molar-refractivity contribution in [3.63, 3.8) is 0 Å². The van der Waals surface area contributed by atoms with E-state index < -0.39 is 11.9 Å². The minimum atomic E-state index is -0.740. The van der Waals surface area contributed by atoms with Crippen molar-refractivity contribution in [1.29, 1.82) is 0 Å². The maximum absolute atomic E-state index is 12.1. The molecule has 0 saturated heterocycles. The highest BCUT2D eigenvalue weighted by atomic mass is 32.1. The molecule has 164 valence electrons. The van der Waals surface area contributed by atoms with Crippen LogP contribution in [-0.4, -0.2) is 58.0 Å². The van der Waals surface area contributed by atoms with Crippen LogP contribution in [0.5, 0.6) is 5.88 Å². The molecule has 0 amide bonds. The van der Waals surface area contributed by atoms with Crippen LogP contribution in [0.3, 0.4) is 0 Å². The Balaban J connectivity index is 2.05. The highest BCUT2D eigenvalue weighted by Gasteiger charge is 2.46. The molecule has 1 aliphatic rings. The van der Waals surface area contributed by atoms with Gasteiger partial charge in [0.2, 0.25) is 5.72 Å². The first-order valence-electron chi connectivity index (χ1n) is 10.6. The zero-order chi connectivity index (χ0) is 21.5. The van der Waals surface area contributed by atoms with Gasteiger partial charge in [-0.05, 0) is 20.3 Å². The van der Waals surface area contributed by atoms with Crippen LogP contribution in [0.4, 0.5) is 4.79 Å². The topological polar surface area (TPSA) is 70.5 Å². The molecule has 0 saturated carbocycles. The van der Waals surface area contributed by atoms with E-state index in [1.165, 1.54) is 31.0 Å². The van der Waals surface area contributed by atoms with Gasteiger partial charge < -0.3 is 14.2 Å². The molecule has 0 N–H and O–H groups in total. The highest BCUT2D eigenvalue weighted by molar-refractivity contribution is 6.99. The van der Waals surface area contributed by atoms with E-state index in [1.807, 2.05) is 27.7 Å². The summed E-state index contributed by atoms with van der Waals surface area (Å²) in [5.74, 6) is 0.615. The maximum atomic E-state index is 12.1. The molecule has 1 aromatic rings. The third kappa shape index (κ3) is 6.40. The smallest absolute Gasteiger partial charge is 0.475 e. The second-order valence-corrected chi connectivity index (χ2v) is 9.12. The van der Waals surface area contributed by atoms with E-state index in [1.54, 1.807) is 0 Å². The molecule has 29 heavy (non-hydrogen) atoms. The van der Waals surface area contributed by atoms with Crippen molar-refractivity contribution in [3.05, 3.63) is 11.8 Å². The van der Waals surface area contributed by atoms with Gasteiger partial charge in [-0.1, -0.05) is 32.3 Å². The molecule has 0 spiro atoms. The van der Waals surface area contributed by atoms with Gasteiger partial charge in [-0.25, -0.2) is 4.79 Å². The molecule has 2 rings (SSSR count). The number of hydrogen-bond donors (Lipinski definition) is 0. The average Bonchev–Trinajstić information content (AvgIpc) is 3.09. The van der Waals surface area contributed by atoms with Crippen molar-refractivity contribution in [3.8, 4) is 5.88 Å². The summed E-state index contributed by atoms with van der Waals surface area (Å²) in [5, 5.41) is 0. The largest absolute Gasteiger partial charge is 0.513 e. The molecular weight excluding hydrogens is 390 g/mol. The number of aromatic nitrogens is 2. The average molecular weight is 427 g/mol. The number of hydrogen-bond acceptors (Lipinski definition) is 7. The van der Waals surface area contributed by atoms with E-state index in [4.69, 9.17) is 14.2 Å². The number of carbonyl (C=O) groups excluding carboxylic acids is 1. The van der Waals surface area contributed by atoms with Gasteiger partial charge in [-0.15, -0.1) is 4.37 Å². The fourth-order valence-corrected chi connectivity index (χ4v) is 3.91. The summed E-state index contributed by atoms with van der Waals surface area (Å²) in [4.78, 5) is 12.1. The van der Waals surface area contributed by atoms with Crippen molar-refractivity contribution >= 4 is 23.5 Å². The fourth-order valence-electron chi connectivity index (χ4n) is 3.37. The van der Waals surface area contributed by atoms with Gasteiger partial charge in [-0.2, -0.15) is 4.37 Å². The molecule has 1 unspecified atom stereocenters. The second kappa shape index (κ2) is 10.4. The van der Waals surface area contributed by atoms with Gasteiger partial charge in [0, 0.05) is 25.8 Å². The maximum Gasteiger partial charge on any atom is 0.513 e. The lowest BCUT2D eigenvalue weighted by Crippen LogP contribution is -2.62. The van der Waals surface area contributed by atoms with Gasteiger partial charge in [0.25, 0.3) is 5.88 Å². The highest BCUT2D eigenvalue weighted by Crippen LogP contribution is 2.35. The third-order valence-corrected chi connectivity index (χ3v) is 6.01. The van der Waals surface area contributed by atoms with Crippen molar-refractivity contribution in [2.24, 2.45) is 0 Å². The second-order valence-electron chi connectivity index (χ2n) is 8.59. The van der Waals surface area contributed by atoms with Crippen LogP contribution in [-0.2, 0) is 9.47 Å². The van der Waals surface area contributed by atoms with Crippen molar-refractivity contribution in [2.75, 3.05) is 26.7 Å². The van der Waals surface area contributed by atoms with Gasteiger partial charge in [0.05, 0.1) is 38.0 Å². The Morgan fingerprint density at radius 3 is 2.72 bits per heavy atom. The summed E-state index contributed by atoms with van der Waals surface area (Å²) >= 11 is 1.18. The minimum absolute atomic E-state index is 0.210. The van der Waals surface area contributed by atoms with E-state index in [0.29, 0.717) is 23.5 Å². The summed E-state index contributed by atoms with van der Waals surface area (Å²) in [6.07, 6.45) is 6.84. The van der Waals surface area contributed by atoms with E-state index in [0.717, 1.165) is 30.7 Å². The Morgan fingerprint density at radius 2 is 2.03 bits per heavy atom. The van der Waals surface area contributed by atoms with Crippen LogP contribution in [0, 0.1) is 0 Å². The fraction of sp³-hybridized carbons (Fsp3) is 0.762. The lowest BCUT2D eigenvalue weighted by atomic mass is 10.0. The van der Waals surface area contributed by atoms with Crippen molar-refractivity contribution in [2.45, 2.75) is 78.6 Å². The summed E-state index contributed by atoms with van der Waals surface area (Å²) in [7, 11) is 2.10. The van der Waals surface area contributed by atoms with E-state index in [2.05, 4.69) is 28.8 Å². The Kier molecular flexibility index (Phi) is 8.46. The summed E-state index contributed by atoms with van der Waals surface area (Å²) in [5.41, 5.74) is 1.16. The summed E-state index contributed by atoms with van der Waals surface area (Å²) < 4.78 is 26.2. The van der Waals surface area contributed by atoms with Crippen LogP contribution in [0.15, 0.2) is 6.08 Å². The number of ether oxygens (including phenoxy) is 3. The van der Waals surface area contributed by atoms with Crippen molar-refractivity contribution < 1.29 is 23.5 Å². The van der Waals surface area contributed by atoms with E-state index in [9.17, 15) is 4.79 Å². The lowest BCUT2D eigenvalue weighted by Gasteiger charge is -2.47. The van der Waals surface area contributed by atoms with Crippen LogP contribution >= 0.6 is 11.7 Å². The SMILES string of the molecule is CCCCCCOc1nsnc1C1=CCC[N+](C)(C(C)(C)OC(=O)OC(C)C)C1. The number of unbranched alkanes of at least 4 members (excludes halogenated alkanes) is 3. The monoisotopic (exact) mass is 426 g/mol. The first-order valence-corrected chi connectivity index (χ1v) is 11.3. The minimum Gasteiger partial charge on any atom is -0.475 e. The Hall–Kier alpha value is -1.67. The normalized spacial score (nSPS) is 19.8. The first-order chi connectivity index (χ1) is 13.7. The molecule has 7 nitrogen and oxygen atoms in total. The molecular formula is C21H36N3O4S+. The molecule has 0 bridgehead atoms. The molecule has 0 aliphatic carbocycles. The summed E-state index contributed by atoms with van der Waals surface area (Å²) in [6, 6.07) is 0. The Labute approximate surface area is 179 Å². The molecule has 1 aromatic heterocycles. The zero-order valence-corrected chi connectivity index (χ0v) is 19.5. The van der Waals surface area contributed by atoms with Gasteiger partial charge in [0.15, 0.2) is 0 Å². The molecule has 1 atom stereocenters. The first kappa shape index (κ1) is 23.6. The van der Waals surface area contributed by atoms with Gasteiger partial charge in [-0.3, -0.25) is 4.48 Å². The van der Waals surface area contributed by atoms with Crippen LogP contribution in [0.25, 0.3) is 5.57 Å². The Morgan fingerprint density at radius 1 is 1.28 bits per heavy atom. The molecule has 0 fully saturated rings. The van der Waals surface area contributed by atoms with Gasteiger partial charge >= 0.3 is 6.16 Å². The molecule has 1 aliphatic heterocycles. The van der Waals surface area contributed by atoms with E-state index in [-0.39, 0.29) is 6.10 Å². The molecule has 8 heteroatoms. The lowest BCUT2D eigenvalue weighted by molar-refractivity contribution is -0.971. The van der Waals surface area contributed by atoms with Crippen LogP contribution in [0.2, 0.25) is 0 Å². The van der Waals surface area contributed by atoms with Crippen molar-refractivity contribution in [1.82, 2.24) is 8.75 Å². The van der Waals surface area contributed by atoms with E-state index >= 15 is 0 Å². The number of likely N-dealkylation sites (N-methyl/N-ethyl adjacent to an activating group) is 1. The van der Waals surface area contributed by atoms with Crippen LogP contribution in [0.1, 0.15) is 72.4 Å². The molecule has 2 heterocycles. The van der Waals surface area contributed by atoms with Gasteiger partial charge in [0.1, 0.15) is 12.2 Å². The number of quaternary nitrogens is 1.